The molecule has 0 atom stereocenters. The number of carbonyl (C=O) groups excluding carboxylic acids is 1. The molecule has 1 aliphatic heterocycles. The lowest BCUT2D eigenvalue weighted by atomic mass is 9.83. The van der Waals surface area contributed by atoms with Gasteiger partial charge in [-0.15, -0.1) is 0 Å². The van der Waals surface area contributed by atoms with Crippen molar-refractivity contribution in [2.75, 3.05) is 19.6 Å². The Morgan fingerprint density at radius 1 is 1.12 bits per heavy atom. The van der Waals surface area contributed by atoms with Gasteiger partial charge >= 0.3 is 12.1 Å². The van der Waals surface area contributed by atoms with E-state index in [1.54, 1.807) is 13.0 Å². The van der Waals surface area contributed by atoms with Crippen LogP contribution in [0.2, 0.25) is 0 Å². The molecular formula is C25H27F3N2O2. The molecule has 170 valence electrons. The maximum Gasteiger partial charge on any atom is 0.416 e. The second kappa shape index (κ2) is 8.98. The fourth-order valence-corrected chi connectivity index (χ4v) is 4.47. The third kappa shape index (κ3) is 4.67. The summed E-state index contributed by atoms with van der Waals surface area (Å²) in [5, 5.41) is 1.21. The lowest BCUT2D eigenvalue weighted by Gasteiger charge is -2.41. The fraction of sp³-hybridized carbons (Fsp3) is 0.400. The van der Waals surface area contributed by atoms with E-state index in [4.69, 9.17) is 4.74 Å². The van der Waals surface area contributed by atoms with Crippen molar-refractivity contribution in [1.29, 1.82) is 0 Å². The third-order valence-electron chi connectivity index (χ3n) is 6.35. The molecule has 0 unspecified atom stereocenters. The molecule has 7 heteroatoms. The predicted molar refractivity (Wildman–Crippen MR) is 117 cm³/mol. The van der Waals surface area contributed by atoms with Crippen molar-refractivity contribution in [2.24, 2.45) is 0 Å². The Balaban J connectivity index is 1.48. The Labute approximate surface area is 185 Å². The van der Waals surface area contributed by atoms with Crippen molar-refractivity contribution in [3.63, 3.8) is 0 Å². The van der Waals surface area contributed by atoms with Crippen molar-refractivity contribution in [3.8, 4) is 0 Å². The molecule has 0 radical (unpaired) electrons. The van der Waals surface area contributed by atoms with E-state index in [0.29, 0.717) is 31.5 Å². The van der Waals surface area contributed by atoms with Crippen LogP contribution in [-0.2, 0) is 27.7 Å². The quantitative estimate of drug-likeness (QED) is 0.498. The van der Waals surface area contributed by atoms with Crippen LogP contribution < -0.4 is 0 Å². The lowest BCUT2D eigenvalue weighted by Crippen LogP contribution is -2.45. The summed E-state index contributed by atoms with van der Waals surface area (Å²) in [6.45, 7) is 3.83. The summed E-state index contributed by atoms with van der Waals surface area (Å²) in [7, 11) is 0. The standard InChI is InChI=1S/C25H27F3N2O2/c1-2-23(31)32-24(19-6-5-7-20(16-19)25(26,27)28)11-14-30(15-12-24)13-10-18-17-29-22-9-4-3-8-21(18)22/h3-9,16-17,29H,2,10-15H2,1H3. The van der Waals surface area contributed by atoms with Gasteiger partial charge in [0.25, 0.3) is 0 Å². The van der Waals surface area contributed by atoms with E-state index in [0.717, 1.165) is 30.6 Å². The molecule has 1 aromatic heterocycles. The number of piperidine rings is 1. The van der Waals surface area contributed by atoms with Gasteiger partial charge < -0.3 is 14.6 Å². The largest absolute Gasteiger partial charge is 0.454 e. The van der Waals surface area contributed by atoms with Crippen LogP contribution in [0.25, 0.3) is 10.9 Å². The number of alkyl halides is 3. The molecule has 2 heterocycles. The number of fused-ring (bicyclic) bond motifs is 1. The Kier molecular flexibility index (Phi) is 6.29. The second-order valence-corrected chi connectivity index (χ2v) is 8.35. The summed E-state index contributed by atoms with van der Waals surface area (Å²) in [4.78, 5) is 17.7. The third-order valence-corrected chi connectivity index (χ3v) is 6.35. The second-order valence-electron chi connectivity index (χ2n) is 8.35. The molecule has 1 saturated heterocycles. The number of H-pyrrole nitrogens is 1. The number of hydrogen-bond donors (Lipinski definition) is 1. The van der Waals surface area contributed by atoms with Gasteiger partial charge in [0, 0.05) is 56.0 Å². The van der Waals surface area contributed by atoms with E-state index in [2.05, 4.69) is 16.0 Å². The summed E-state index contributed by atoms with van der Waals surface area (Å²) >= 11 is 0. The number of likely N-dealkylation sites (tertiary alicyclic amines) is 1. The molecule has 3 aromatic rings. The summed E-state index contributed by atoms with van der Waals surface area (Å²) in [6, 6.07) is 13.4. The molecule has 4 nitrogen and oxygen atoms in total. The molecule has 2 aromatic carbocycles. The molecule has 0 aliphatic carbocycles. The number of rotatable bonds is 6. The van der Waals surface area contributed by atoms with E-state index in [1.165, 1.54) is 17.0 Å². The average Bonchev–Trinajstić information content (AvgIpc) is 3.21. The Morgan fingerprint density at radius 3 is 2.59 bits per heavy atom. The molecule has 0 bridgehead atoms. The van der Waals surface area contributed by atoms with Crippen molar-refractivity contribution < 1.29 is 22.7 Å². The van der Waals surface area contributed by atoms with Gasteiger partial charge in [0.05, 0.1) is 5.56 Å². The van der Waals surface area contributed by atoms with E-state index < -0.39 is 23.3 Å². The van der Waals surface area contributed by atoms with Crippen molar-refractivity contribution >= 4 is 16.9 Å². The monoisotopic (exact) mass is 444 g/mol. The van der Waals surface area contributed by atoms with Crippen molar-refractivity contribution in [3.05, 3.63) is 71.4 Å². The summed E-state index contributed by atoms with van der Waals surface area (Å²) in [5.74, 6) is -0.394. The van der Waals surface area contributed by atoms with Gasteiger partial charge in [-0.25, -0.2) is 0 Å². The number of hydrogen-bond acceptors (Lipinski definition) is 3. The summed E-state index contributed by atoms with van der Waals surface area (Å²) < 4.78 is 45.6. The van der Waals surface area contributed by atoms with Crippen LogP contribution in [0.5, 0.6) is 0 Å². The fourth-order valence-electron chi connectivity index (χ4n) is 4.47. The first-order valence-corrected chi connectivity index (χ1v) is 11.0. The maximum absolute atomic E-state index is 13.3. The molecule has 1 aliphatic rings. The van der Waals surface area contributed by atoms with Gasteiger partial charge in [-0.05, 0) is 35.7 Å². The van der Waals surface area contributed by atoms with Crippen LogP contribution in [0.3, 0.4) is 0 Å². The van der Waals surface area contributed by atoms with Crippen LogP contribution in [0, 0.1) is 0 Å². The molecule has 0 amide bonds. The zero-order valence-electron chi connectivity index (χ0n) is 18.0. The average molecular weight is 444 g/mol. The number of aromatic nitrogens is 1. The predicted octanol–water partition coefficient (Wildman–Crippen LogP) is 5.67. The smallest absolute Gasteiger partial charge is 0.416 e. The first-order chi connectivity index (χ1) is 15.3. The van der Waals surface area contributed by atoms with E-state index in [9.17, 15) is 18.0 Å². The van der Waals surface area contributed by atoms with Gasteiger partial charge in [0.2, 0.25) is 0 Å². The zero-order chi connectivity index (χ0) is 22.8. The van der Waals surface area contributed by atoms with E-state index in [-0.39, 0.29) is 6.42 Å². The number of para-hydroxylation sites is 1. The van der Waals surface area contributed by atoms with E-state index in [1.807, 2.05) is 24.4 Å². The first kappa shape index (κ1) is 22.4. The number of ether oxygens (including phenoxy) is 1. The Hall–Kier alpha value is -2.80. The molecule has 32 heavy (non-hydrogen) atoms. The van der Waals surface area contributed by atoms with E-state index >= 15 is 0 Å². The van der Waals surface area contributed by atoms with Gasteiger partial charge in [-0.2, -0.15) is 13.2 Å². The molecule has 4 rings (SSSR count). The SMILES string of the molecule is CCC(=O)OC1(c2cccc(C(F)(F)F)c2)CCN(CCc2c[nH]c3ccccc23)CC1. The van der Waals surface area contributed by atoms with Crippen LogP contribution in [-0.4, -0.2) is 35.5 Å². The highest BCUT2D eigenvalue weighted by atomic mass is 19.4. The molecule has 0 spiro atoms. The molecular weight excluding hydrogens is 417 g/mol. The van der Waals surface area contributed by atoms with Crippen molar-refractivity contribution in [2.45, 2.75) is 44.4 Å². The minimum Gasteiger partial charge on any atom is -0.454 e. The first-order valence-electron chi connectivity index (χ1n) is 11.0. The lowest BCUT2D eigenvalue weighted by molar-refractivity contribution is -0.166. The summed E-state index contributed by atoms with van der Waals surface area (Å²) in [6.07, 6.45) is -0.418. The van der Waals surface area contributed by atoms with Crippen LogP contribution in [0.1, 0.15) is 42.9 Å². The number of halogens is 3. The highest BCUT2D eigenvalue weighted by Crippen LogP contribution is 2.40. The molecule has 1 N–H and O–H groups in total. The minimum absolute atomic E-state index is 0.186. The van der Waals surface area contributed by atoms with Crippen LogP contribution >= 0.6 is 0 Å². The normalized spacial score (nSPS) is 16.9. The highest BCUT2D eigenvalue weighted by molar-refractivity contribution is 5.83. The number of nitrogens with one attached hydrogen (secondary N) is 1. The topological polar surface area (TPSA) is 45.3 Å². The number of benzene rings is 2. The van der Waals surface area contributed by atoms with Gasteiger partial charge in [-0.1, -0.05) is 37.3 Å². The maximum atomic E-state index is 13.3. The number of nitrogens with zero attached hydrogens (tertiary/aromatic N) is 1. The summed E-state index contributed by atoms with van der Waals surface area (Å²) in [5.41, 5.74) is 1.03. The van der Waals surface area contributed by atoms with Crippen LogP contribution in [0.15, 0.2) is 54.7 Å². The van der Waals surface area contributed by atoms with Crippen LogP contribution in [0.4, 0.5) is 13.2 Å². The van der Waals surface area contributed by atoms with Gasteiger partial charge in [-0.3, -0.25) is 4.79 Å². The van der Waals surface area contributed by atoms with Gasteiger partial charge in [0.15, 0.2) is 0 Å². The number of esters is 1. The zero-order valence-corrected chi connectivity index (χ0v) is 18.0. The number of aromatic amines is 1. The molecule has 0 saturated carbocycles. The minimum atomic E-state index is -4.44. The number of carbonyl (C=O) groups is 1. The Bertz CT molecular complexity index is 1080. The molecule has 1 fully saturated rings. The van der Waals surface area contributed by atoms with Gasteiger partial charge in [0.1, 0.15) is 5.60 Å². The highest BCUT2D eigenvalue weighted by Gasteiger charge is 2.41. The van der Waals surface area contributed by atoms with Crippen molar-refractivity contribution in [1.82, 2.24) is 9.88 Å². The Morgan fingerprint density at radius 2 is 1.88 bits per heavy atom.